The molecule has 0 amide bonds. The summed E-state index contributed by atoms with van der Waals surface area (Å²) in [4.78, 5) is 10.9. The van der Waals surface area contributed by atoms with Gasteiger partial charge in [-0.1, -0.05) is 12.2 Å². The van der Waals surface area contributed by atoms with Gasteiger partial charge in [0.2, 0.25) is 0 Å². The van der Waals surface area contributed by atoms with Gasteiger partial charge in [0.05, 0.1) is 12.7 Å². The maximum atomic E-state index is 10.9. The molecular weight excluding hydrogens is 252 g/mol. The monoisotopic (exact) mass is 268 g/mol. The Labute approximate surface area is 110 Å². The summed E-state index contributed by atoms with van der Waals surface area (Å²) in [5, 5.41) is 37.2. The van der Waals surface area contributed by atoms with Gasteiger partial charge in [-0.25, -0.2) is 0 Å². The van der Waals surface area contributed by atoms with Crippen LogP contribution in [0.2, 0.25) is 0 Å². The van der Waals surface area contributed by atoms with Crippen LogP contribution in [0.25, 0.3) is 6.08 Å². The zero-order valence-electron chi connectivity index (χ0n) is 10.4. The molecule has 0 aliphatic rings. The standard InChI is InChI=1S/C13H16O6/c1-19-12(16)5-3-2-4-9-10(14)6-8(13(17)18)7-11(9)15/h2,4,6-7,13-15,17-18H,3,5H2,1H3/b4-2+. The lowest BCUT2D eigenvalue weighted by atomic mass is 10.1. The molecule has 0 bridgehead atoms. The number of hydrogen-bond donors (Lipinski definition) is 4. The van der Waals surface area contributed by atoms with Crippen LogP contribution >= 0.6 is 0 Å². The van der Waals surface area contributed by atoms with Gasteiger partial charge in [0.15, 0.2) is 6.29 Å². The Kier molecular flexibility index (Phi) is 5.35. The van der Waals surface area contributed by atoms with Gasteiger partial charge in [0.1, 0.15) is 11.5 Å². The fourth-order valence-electron chi connectivity index (χ4n) is 1.47. The number of aromatic hydroxyl groups is 2. The van der Waals surface area contributed by atoms with Crippen LogP contribution in [0.15, 0.2) is 18.2 Å². The Bertz CT molecular complexity index is 455. The Morgan fingerprint density at radius 2 is 1.89 bits per heavy atom. The molecule has 0 atom stereocenters. The largest absolute Gasteiger partial charge is 0.507 e. The molecule has 0 aromatic heterocycles. The maximum Gasteiger partial charge on any atom is 0.305 e. The number of ether oxygens (including phenoxy) is 1. The van der Waals surface area contributed by atoms with E-state index in [4.69, 9.17) is 10.2 Å². The summed E-state index contributed by atoms with van der Waals surface area (Å²) in [5.41, 5.74) is 0.135. The van der Waals surface area contributed by atoms with Crippen molar-refractivity contribution in [2.45, 2.75) is 19.1 Å². The first-order chi connectivity index (χ1) is 8.95. The Balaban J connectivity index is 2.79. The number of aliphatic hydroxyl groups is 2. The first kappa shape index (κ1) is 15.0. The zero-order chi connectivity index (χ0) is 14.4. The number of carbonyl (C=O) groups excluding carboxylic acids is 1. The van der Waals surface area contributed by atoms with Gasteiger partial charge in [0, 0.05) is 12.0 Å². The summed E-state index contributed by atoms with van der Waals surface area (Å²) in [6.07, 6.45) is 1.87. The van der Waals surface area contributed by atoms with E-state index in [0.29, 0.717) is 6.42 Å². The summed E-state index contributed by atoms with van der Waals surface area (Å²) in [6, 6.07) is 2.29. The molecule has 0 saturated heterocycles. The minimum Gasteiger partial charge on any atom is -0.507 e. The molecule has 0 saturated carbocycles. The van der Waals surface area contributed by atoms with E-state index in [1.807, 2.05) is 0 Å². The van der Waals surface area contributed by atoms with Crippen molar-refractivity contribution in [3.05, 3.63) is 29.3 Å². The molecule has 0 aliphatic heterocycles. The molecule has 0 unspecified atom stereocenters. The van der Waals surface area contributed by atoms with E-state index in [2.05, 4.69) is 4.74 Å². The van der Waals surface area contributed by atoms with Gasteiger partial charge in [-0.15, -0.1) is 0 Å². The zero-order valence-corrected chi connectivity index (χ0v) is 10.4. The maximum absolute atomic E-state index is 10.9. The second-order valence-corrected chi connectivity index (χ2v) is 3.86. The van der Waals surface area contributed by atoms with Crippen LogP contribution in [-0.4, -0.2) is 33.5 Å². The van der Waals surface area contributed by atoms with Gasteiger partial charge in [-0.3, -0.25) is 4.79 Å². The van der Waals surface area contributed by atoms with Gasteiger partial charge < -0.3 is 25.2 Å². The highest BCUT2D eigenvalue weighted by Crippen LogP contribution is 2.32. The number of phenolic OH excluding ortho intramolecular Hbond substituents is 2. The van der Waals surface area contributed by atoms with Crippen LogP contribution in [0.3, 0.4) is 0 Å². The van der Waals surface area contributed by atoms with E-state index in [9.17, 15) is 15.0 Å². The molecule has 1 aromatic carbocycles. The third kappa shape index (κ3) is 4.27. The predicted octanol–water partition coefficient (Wildman–Crippen LogP) is 1.05. The van der Waals surface area contributed by atoms with Crippen molar-refractivity contribution in [2.24, 2.45) is 0 Å². The van der Waals surface area contributed by atoms with Crippen molar-refractivity contribution in [1.29, 1.82) is 0 Å². The molecule has 0 spiro atoms. The summed E-state index contributed by atoms with van der Waals surface area (Å²) in [7, 11) is 1.29. The third-order valence-corrected chi connectivity index (χ3v) is 2.48. The summed E-state index contributed by atoms with van der Waals surface area (Å²) < 4.78 is 4.46. The predicted molar refractivity (Wildman–Crippen MR) is 67.2 cm³/mol. The number of carbonyl (C=O) groups is 1. The van der Waals surface area contributed by atoms with Gasteiger partial charge >= 0.3 is 5.97 Å². The number of rotatable bonds is 5. The first-order valence-electron chi connectivity index (χ1n) is 5.61. The Hall–Kier alpha value is -2.05. The highest BCUT2D eigenvalue weighted by molar-refractivity contribution is 5.70. The molecule has 4 N–H and O–H groups in total. The molecule has 0 fully saturated rings. The molecule has 0 heterocycles. The molecule has 104 valence electrons. The molecule has 0 radical (unpaired) electrons. The fraction of sp³-hybridized carbons (Fsp3) is 0.308. The van der Waals surface area contributed by atoms with E-state index in [1.165, 1.54) is 13.2 Å². The van der Waals surface area contributed by atoms with Crippen LogP contribution < -0.4 is 0 Å². The fourth-order valence-corrected chi connectivity index (χ4v) is 1.47. The SMILES string of the molecule is COC(=O)CC/C=C/c1c(O)cc(C(O)O)cc1O. The lowest BCUT2D eigenvalue weighted by molar-refractivity contribution is -0.140. The second-order valence-electron chi connectivity index (χ2n) is 3.86. The number of phenols is 2. The number of methoxy groups -OCH3 is 1. The minimum absolute atomic E-state index is 0.0123. The van der Waals surface area contributed by atoms with Crippen molar-refractivity contribution in [3.8, 4) is 11.5 Å². The molecule has 6 heteroatoms. The van der Waals surface area contributed by atoms with Gasteiger partial charge in [0.25, 0.3) is 0 Å². The summed E-state index contributed by atoms with van der Waals surface area (Å²) in [6.45, 7) is 0. The first-order valence-corrected chi connectivity index (χ1v) is 5.61. The number of aliphatic hydroxyl groups excluding tert-OH is 1. The van der Waals surface area contributed by atoms with Crippen LogP contribution in [0.4, 0.5) is 0 Å². The third-order valence-electron chi connectivity index (χ3n) is 2.48. The summed E-state index contributed by atoms with van der Waals surface area (Å²) in [5.74, 6) is -0.910. The molecule has 1 aromatic rings. The Morgan fingerprint density at radius 1 is 1.32 bits per heavy atom. The molecule has 19 heavy (non-hydrogen) atoms. The minimum atomic E-state index is -1.77. The molecular formula is C13H16O6. The van der Waals surface area contributed by atoms with Crippen LogP contribution in [0.1, 0.15) is 30.3 Å². The van der Waals surface area contributed by atoms with Crippen LogP contribution in [0, 0.1) is 0 Å². The average Bonchev–Trinajstić information content (AvgIpc) is 2.36. The molecule has 0 aliphatic carbocycles. The van der Waals surface area contributed by atoms with Gasteiger partial charge in [-0.2, -0.15) is 0 Å². The number of hydrogen-bond acceptors (Lipinski definition) is 6. The van der Waals surface area contributed by atoms with Crippen molar-refractivity contribution in [3.63, 3.8) is 0 Å². The Morgan fingerprint density at radius 3 is 2.37 bits per heavy atom. The van der Waals surface area contributed by atoms with E-state index >= 15 is 0 Å². The number of esters is 1. The quantitative estimate of drug-likeness (QED) is 0.469. The summed E-state index contributed by atoms with van der Waals surface area (Å²) >= 11 is 0. The number of allylic oxidation sites excluding steroid dienone is 1. The van der Waals surface area contributed by atoms with Crippen LogP contribution in [-0.2, 0) is 9.53 Å². The molecule has 1 rings (SSSR count). The average molecular weight is 268 g/mol. The highest BCUT2D eigenvalue weighted by atomic mass is 16.5. The highest BCUT2D eigenvalue weighted by Gasteiger charge is 2.11. The van der Waals surface area contributed by atoms with E-state index in [-0.39, 0.29) is 35.0 Å². The normalized spacial score (nSPS) is 11.2. The van der Waals surface area contributed by atoms with Crippen LogP contribution in [0.5, 0.6) is 11.5 Å². The lowest BCUT2D eigenvalue weighted by Crippen LogP contribution is -1.98. The smallest absolute Gasteiger partial charge is 0.305 e. The topological polar surface area (TPSA) is 107 Å². The number of benzene rings is 1. The van der Waals surface area contributed by atoms with E-state index in [0.717, 1.165) is 12.1 Å². The van der Waals surface area contributed by atoms with Crippen molar-refractivity contribution in [1.82, 2.24) is 0 Å². The van der Waals surface area contributed by atoms with Crippen molar-refractivity contribution in [2.75, 3.05) is 7.11 Å². The van der Waals surface area contributed by atoms with E-state index in [1.54, 1.807) is 6.08 Å². The van der Waals surface area contributed by atoms with Crippen molar-refractivity contribution >= 4 is 12.0 Å². The second kappa shape index (κ2) is 6.77. The van der Waals surface area contributed by atoms with Crippen molar-refractivity contribution < 1.29 is 30.0 Å². The van der Waals surface area contributed by atoms with E-state index < -0.39 is 6.29 Å². The van der Waals surface area contributed by atoms with Gasteiger partial charge in [-0.05, 0) is 18.6 Å². The molecule has 6 nitrogen and oxygen atoms in total. The lowest BCUT2D eigenvalue weighted by Gasteiger charge is -2.08.